The van der Waals surface area contributed by atoms with Gasteiger partial charge in [0.25, 0.3) is 5.91 Å². The SMILES string of the molecule is Cc1cccc(C(CNC(=O)c2ccc(Nc3nccc4ccc(Cl)cc34)cc2)C2CCCC2)c1. The lowest BCUT2D eigenvalue weighted by molar-refractivity contribution is 0.0948. The van der Waals surface area contributed by atoms with Crippen LogP contribution in [-0.4, -0.2) is 17.4 Å². The third-order valence-electron chi connectivity index (χ3n) is 7.06. The van der Waals surface area contributed by atoms with E-state index in [-0.39, 0.29) is 5.91 Å². The number of halogens is 1. The van der Waals surface area contributed by atoms with Gasteiger partial charge in [0.05, 0.1) is 0 Å². The van der Waals surface area contributed by atoms with Crippen LogP contribution >= 0.6 is 11.6 Å². The summed E-state index contributed by atoms with van der Waals surface area (Å²) in [7, 11) is 0. The molecule has 1 heterocycles. The van der Waals surface area contributed by atoms with E-state index in [1.165, 1.54) is 36.8 Å². The van der Waals surface area contributed by atoms with Crippen LogP contribution in [-0.2, 0) is 0 Å². The van der Waals surface area contributed by atoms with Crippen molar-refractivity contribution in [2.24, 2.45) is 5.92 Å². The van der Waals surface area contributed by atoms with Gasteiger partial charge in [-0.2, -0.15) is 0 Å². The third kappa shape index (κ3) is 5.49. The number of fused-ring (bicyclic) bond motifs is 1. The number of anilines is 2. The largest absolute Gasteiger partial charge is 0.351 e. The smallest absolute Gasteiger partial charge is 0.251 e. The number of rotatable bonds is 7. The Morgan fingerprint density at radius 2 is 1.83 bits per heavy atom. The van der Waals surface area contributed by atoms with E-state index in [4.69, 9.17) is 11.6 Å². The summed E-state index contributed by atoms with van der Waals surface area (Å²) in [6.45, 7) is 2.79. The van der Waals surface area contributed by atoms with Crippen LogP contribution in [0.15, 0.2) is 79.0 Å². The molecule has 0 saturated heterocycles. The Hall–Kier alpha value is -3.37. The van der Waals surface area contributed by atoms with Gasteiger partial charge in [-0.1, -0.05) is 60.3 Å². The zero-order valence-corrected chi connectivity index (χ0v) is 20.7. The molecule has 0 bridgehead atoms. The molecule has 5 heteroatoms. The van der Waals surface area contributed by atoms with Gasteiger partial charge in [0.15, 0.2) is 0 Å². The Labute approximate surface area is 211 Å². The first kappa shape index (κ1) is 23.4. The molecular weight excluding hydrogens is 454 g/mol. The average Bonchev–Trinajstić information content (AvgIpc) is 3.40. The number of benzene rings is 3. The van der Waals surface area contributed by atoms with Crippen molar-refractivity contribution in [3.05, 3.63) is 101 Å². The summed E-state index contributed by atoms with van der Waals surface area (Å²) in [6, 6.07) is 24.0. The highest BCUT2D eigenvalue weighted by molar-refractivity contribution is 6.31. The molecule has 1 aromatic heterocycles. The monoisotopic (exact) mass is 483 g/mol. The Morgan fingerprint density at radius 1 is 1.03 bits per heavy atom. The molecule has 0 aliphatic heterocycles. The van der Waals surface area contributed by atoms with E-state index in [1.807, 2.05) is 48.5 Å². The molecule has 2 N–H and O–H groups in total. The first-order valence-corrected chi connectivity index (χ1v) is 12.7. The summed E-state index contributed by atoms with van der Waals surface area (Å²) in [6.07, 6.45) is 6.82. The second-order valence-electron chi connectivity index (χ2n) is 9.50. The van der Waals surface area contributed by atoms with E-state index in [0.717, 1.165) is 22.3 Å². The number of hydrogen-bond donors (Lipinski definition) is 2. The minimum absolute atomic E-state index is 0.0396. The first-order valence-electron chi connectivity index (χ1n) is 12.3. The summed E-state index contributed by atoms with van der Waals surface area (Å²) in [5.74, 6) is 1.68. The molecule has 1 unspecified atom stereocenters. The fourth-order valence-electron chi connectivity index (χ4n) is 5.20. The van der Waals surface area contributed by atoms with Crippen LogP contribution in [0.5, 0.6) is 0 Å². The molecule has 1 fully saturated rings. The maximum Gasteiger partial charge on any atom is 0.251 e. The molecule has 1 saturated carbocycles. The summed E-state index contributed by atoms with van der Waals surface area (Å²) < 4.78 is 0. The van der Waals surface area contributed by atoms with E-state index in [2.05, 4.69) is 46.8 Å². The molecule has 0 radical (unpaired) electrons. The lowest BCUT2D eigenvalue weighted by atomic mass is 9.84. The summed E-state index contributed by atoms with van der Waals surface area (Å²) >= 11 is 6.19. The van der Waals surface area contributed by atoms with Crippen molar-refractivity contribution < 1.29 is 4.79 Å². The zero-order chi connectivity index (χ0) is 24.2. The molecular formula is C30H30ClN3O. The molecule has 1 atom stereocenters. The number of carbonyl (C=O) groups is 1. The van der Waals surface area contributed by atoms with Crippen molar-refractivity contribution in [2.75, 3.05) is 11.9 Å². The predicted molar refractivity (Wildman–Crippen MR) is 145 cm³/mol. The summed E-state index contributed by atoms with van der Waals surface area (Å²) in [5.41, 5.74) is 4.12. The highest BCUT2D eigenvalue weighted by atomic mass is 35.5. The standard InChI is InChI=1S/C30H30ClN3O/c1-20-5-4-8-24(17-20)28(21-6-2-3-7-21)19-33-30(35)23-10-13-26(14-11-23)34-29-27-18-25(31)12-9-22(27)15-16-32-29/h4-5,8-18,21,28H,2-3,6-7,19H2,1H3,(H,32,34)(H,33,35). The second kappa shape index (κ2) is 10.5. The Balaban J connectivity index is 1.27. The van der Waals surface area contributed by atoms with Crippen LogP contribution in [0.3, 0.4) is 0 Å². The van der Waals surface area contributed by atoms with Crippen LogP contribution in [0.25, 0.3) is 10.8 Å². The van der Waals surface area contributed by atoms with Gasteiger partial charge in [0.1, 0.15) is 5.82 Å². The van der Waals surface area contributed by atoms with Crippen molar-refractivity contribution in [2.45, 2.75) is 38.5 Å². The van der Waals surface area contributed by atoms with Gasteiger partial charge in [-0.25, -0.2) is 4.98 Å². The quantitative estimate of drug-likeness (QED) is 0.284. The van der Waals surface area contributed by atoms with Gasteiger partial charge in [0, 0.05) is 40.3 Å². The minimum Gasteiger partial charge on any atom is -0.351 e. The Kier molecular flexibility index (Phi) is 7.01. The fraction of sp³-hybridized carbons (Fsp3) is 0.267. The molecule has 1 aliphatic carbocycles. The normalized spacial score (nSPS) is 14.7. The van der Waals surface area contributed by atoms with Gasteiger partial charge in [-0.15, -0.1) is 0 Å². The Morgan fingerprint density at radius 3 is 2.60 bits per heavy atom. The van der Waals surface area contributed by atoms with Gasteiger partial charge < -0.3 is 10.6 Å². The number of hydrogen-bond acceptors (Lipinski definition) is 3. The van der Waals surface area contributed by atoms with Crippen LogP contribution < -0.4 is 10.6 Å². The second-order valence-corrected chi connectivity index (χ2v) is 9.94. The molecule has 4 nitrogen and oxygen atoms in total. The first-order chi connectivity index (χ1) is 17.1. The minimum atomic E-state index is -0.0396. The molecule has 178 valence electrons. The summed E-state index contributed by atoms with van der Waals surface area (Å²) in [5, 5.41) is 9.25. The van der Waals surface area contributed by atoms with E-state index in [0.29, 0.717) is 29.0 Å². The van der Waals surface area contributed by atoms with E-state index < -0.39 is 0 Å². The number of nitrogens with zero attached hydrogens (tertiary/aromatic N) is 1. The third-order valence-corrected chi connectivity index (χ3v) is 7.29. The molecule has 0 spiro atoms. The van der Waals surface area contributed by atoms with Crippen LogP contribution in [0, 0.1) is 12.8 Å². The Bertz CT molecular complexity index is 1330. The number of aromatic nitrogens is 1. The molecule has 35 heavy (non-hydrogen) atoms. The maximum absolute atomic E-state index is 13.0. The number of carbonyl (C=O) groups excluding carboxylic acids is 1. The van der Waals surface area contributed by atoms with Gasteiger partial charge in [-0.3, -0.25) is 4.79 Å². The molecule has 1 amide bonds. The van der Waals surface area contributed by atoms with Crippen molar-refractivity contribution >= 4 is 39.8 Å². The number of pyridine rings is 1. The van der Waals surface area contributed by atoms with Crippen molar-refractivity contribution in [3.63, 3.8) is 0 Å². The van der Waals surface area contributed by atoms with Gasteiger partial charge >= 0.3 is 0 Å². The van der Waals surface area contributed by atoms with Crippen molar-refractivity contribution in [3.8, 4) is 0 Å². The fourth-order valence-corrected chi connectivity index (χ4v) is 5.38. The highest BCUT2D eigenvalue weighted by Gasteiger charge is 2.27. The maximum atomic E-state index is 13.0. The molecule has 4 aromatic rings. The zero-order valence-electron chi connectivity index (χ0n) is 19.9. The van der Waals surface area contributed by atoms with E-state index in [1.54, 1.807) is 6.20 Å². The van der Waals surface area contributed by atoms with Crippen molar-refractivity contribution in [1.29, 1.82) is 0 Å². The van der Waals surface area contributed by atoms with E-state index in [9.17, 15) is 4.79 Å². The lowest BCUT2D eigenvalue weighted by Crippen LogP contribution is -2.31. The molecule has 5 rings (SSSR count). The van der Waals surface area contributed by atoms with E-state index >= 15 is 0 Å². The van der Waals surface area contributed by atoms with Gasteiger partial charge in [-0.05, 0) is 79.1 Å². The molecule has 3 aromatic carbocycles. The molecule has 1 aliphatic rings. The van der Waals surface area contributed by atoms with Crippen LogP contribution in [0.4, 0.5) is 11.5 Å². The summed E-state index contributed by atoms with van der Waals surface area (Å²) in [4.78, 5) is 17.5. The van der Waals surface area contributed by atoms with Crippen LogP contribution in [0.2, 0.25) is 5.02 Å². The topological polar surface area (TPSA) is 54.0 Å². The van der Waals surface area contributed by atoms with Gasteiger partial charge in [0.2, 0.25) is 0 Å². The lowest BCUT2D eigenvalue weighted by Gasteiger charge is -2.25. The average molecular weight is 484 g/mol. The van der Waals surface area contributed by atoms with Crippen LogP contribution in [0.1, 0.15) is 53.1 Å². The number of nitrogens with one attached hydrogen (secondary N) is 2. The highest BCUT2D eigenvalue weighted by Crippen LogP contribution is 2.37. The number of aryl methyl sites for hydroxylation is 1. The number of amides is 1. The van der Waals surface area contributed by atoms with Crippen molar-refractivity contribution in [1.82, 2.24) is 10.3 Å². The predicted octanol–water partition coefficient (Wildman–Crippen LogP) is 7.64.